The van der Waals surface area contributed by atoms with E-state index in [1.54, 1.807) is 13.0 Å². The smallest absolute Gasteiger partial charge is 0.243 e. The second kappa shape index (κ2) is 5.95. The van der Waals surface area contributed by atoms with Crippen LogP contribution < -0.4 is 0 Å². The average molecular weight is 294 g/mol. The second-order valence-electron chi connectivity index (χ2n) is 4.57. The topological polar surface area (TPSA) is 38.9 Å². The number of benzene rings is 2. The second-order valence-corrected chi connectivity index (χ2v) is 4.57. The van der Waals surface area contributed by atoms with E-state index in [4.69, 9.17) is 0 Å². The van der Waals surface area contributed by atoms with Gasteiger partial charge in [0.1, 0.15) is 11.0 Å². The summed E-state index contributed by atoms with van der Waals surface area (Å²) in [5.74, 6) is 0. The molecule has 3 nitrogen and oxygen atoms in total. The number of hydrogen-bond donors (Lipinski definition) is 0. The van der Waals surface area contributed by atoms with Gasteiger partial charge in [-0.25, -0.2) is 4.63 Å². The fraction of sp³-hybridized carbons (Fsp3) is 0.200. The van der Waals surface area contributed by atoms with Crippen LogP contribution in [-0.2, 0) is 6.18 Å². The zero-order chi connectivity index (χ0) is 15.5. The third-order valence-electron chi connectivity index (χ3n) is 2.83. The number of alkyl halides is 3. The molecule has 1 heterocycles. The van der Waals surface area contributed by atoms with Crippen molar-refractivity contribution in [3.63, 3.8) is 0 Å². The van der Waals surface area contributed by atoms with Gasteiger partial charge in [0.2, 0.25) is 0 Å². The Morgan fingerprint density at radius 2 is 1.67 bits per heavy atom. The Labute approximate surface area is 119 Å². The molecule has 0 amide bonds. The van der Waals surface area contributed by atoms with Crippen molar-refractivity contribution in [3.8, 4) is 0 Å². The van der Waals surface area contributed by atoms with Crippen LogP contribution in [0.15, 0.2) is 47.1 Å². The van der Waals surface area contributed by atoms with E-state index in [0.29, 0.717) is 5.56 Å². The Kier molecular flexibility index (Phi) is 4.26. The zero-order valence-electron chi connectivity index (χ0n) is 11.5. The molecule has 0 spiro atoms. The van der Waals surface area contributed by atoms with Crippen LogP contribution in [0.1, 0.15) is 16.7 Å². The highest BCUT2D eigenvalue weighted by atomic mass is 19.4. The number of fused-ring (bicyclic) bond motifs is 1. The first-order chi connectivity index (χ1) is 9.88. The Morgan fingerprint density at radius 3 is 2.24 bits per heavy atom. The first-order valence-corrected chi connectivity index (χ1v) is 6.19. The average Bonchev–Trinajstić information content (AvgIpc) is 2.88. The SMILES string of the molecule is Cc1cccc(C(F)(F)F)c1.Cc1cccc2nonc12. The number of nitrogens with zero attached hydrogens (tertiary/aromatic N) is 2. The first-order valence-electron chi connectivity index (χ1n) is 6.19. The van der Waals surface area contributed by atoms with Crippen LogP contribution in [0.25, 0.3) is 11.0 Å². The summed E-state index contributed by atoms with van der Waals surface area (Å²) in [6, 6.07) is 11.0. The fourth-order valence-electron chi connectivity index (χ4n) is 1.76. The molecule has 0 fully saturated rings. The minimum atomic E-state index is -4.22. The summed E-state index contributed by atoms with van der Waals surface area (Å²) < 4.78 is 40.4. The summed E-state index contributed by atoms with van der Waals surface area (Å²) in [7, 11) is 0. The molecule has 21 heavy (non-hydrogen) atoms. The van der Waals surface area contributed by atoms with Gasteiger partial charge in [0.05, 0.1) is 5.56 Å². The van der Waals surface area contributed by atoms with Crippen LogP contribution in [0.4, 0.5) is 13.2 Å². The Morgan fingerprint density at radius 1 is 0.952 bits per heavy atom. The molecular formula is C15H13F3N2O. The molecule has 2 aromatic carbocycles. The Balaban J connectivity index is 0.000000154. The molecule has 110 valence electrons. The zero-order valence-corrected chi connectivity index (χ0v) is 11.5. The summed E-state index contributed by atoms with van der Waals surface area (Å²) in [5.41, 5.74) is 2.80. The van der Waals surface area contributed by atoms with Crippen molar-refractivity contribution in [2.45, 2.75) is 20.0 Å². The van der Waals surface area contributed by atoms with Gasteiger partial charge in [-0.15, -0.1) is 0 Å². The third-order valence-corrected chi connectivity index (χ3v) is 2.83. The summed E-state index contributed by atoms with van der Waals surface area (Å²) >= 11 is 0. The minimum Gasteiger partial charge on any atom is -0.243 e. The molecule has 0 aliphatic rings. The lowest BCUT2D eigenvalue weighted by molar-refractivity contribution is -0.137. The van der Waals surface area contributed by atoms with Gasteiger partial charge in [0.25, 0.3) is 0 Å². The first kappa shape index (κ1) is 15.0. The molecule has 0 radical (unpaired) electrons. The number of halogens is 3. The Hall–Kier alpha value is -2.37. The standard InChI is InChI=1S/C8H7F3.C7H6N2O/c1-6-3-2-4-7(5-6)8(9,10)11;1-5-3-2-4-6-7(5)9-10-8-6/h2-5H,1H3;2-4H,1H3. The number of rotatable bonds is 0. The molecule has 1 aromatic heterocycles. The van der Waals surface area contributed by atoms with E-state index < -0.39 is 11.7 Å². The third kappa shape index (κ3) is 3.81. The molecule has 3 aromatic rings. The van der Waals surface area contributed by atoms with E-state index in [9.17, 15) is 13.2 Å². The van der Waals surface area contributed by atoms with Gasteiger partial charge in [-0.3, -0.25) is 0 Å². The van der Waals surface area contributed by atoms with E-state index in [1.807, 2.05) is 25.1 Å². The van der Waals surface area contributed by atoms with Crippen molar-refractivity contribution in [1.82, 2.24) is 10.3 Å². The van der Waals surface area contributed by atoms with Crippen LogP contribution >= 0.6 is 0 Å². The normalized spacial score (nSPS) is 11.1. The van der Waals surface area contributed by atoms with Crippen molar-refractivity contribution in [2.24, 2.45) is 0 Å². The highest BCUT2D eigenvalue weighted by Gasteiger charge is 2.29. The fourth-order valence-corrected chi connectivity index (χ4v) is 1.76. The molecule has 0 saturated heterocycles. The van der Waals surface area contributed by atoms with Crippen molar-refractivity contribution in [3.05, 3.63) is 59.2 Å². The summed E-state index contributed by atoms with van der Waals surface area (Å²) in [5, 5.41) is 7.43. The van der Waals surface area contributed by atoms with Crippen LogP contribution in [0.2, 0.25) is 0 Å². The van der Waals surface area contributed by atoms with E-state index in [2.05, 4.69) is 14.9 Å². The van der Waals surface area contributed by atoms with Gasteiger partial charge in [0.15, 0.2) is 0 Å². The van der Waals surface area contributed by atoms with Gasteiger partial charge in [-0.05, 0) is 41.9 Å². The molecular weight excluding hydrogens is 281 g/mol. The molecule has 0 aliphatic carbocycles. The van der Waals surface area contributed by atoms with Gasteiger partial charge in [-0.2, -0.15) is 13.2 Å². The summed E-state index contributed by atoms with van der Waals surface area (Å²) in [6.07, 6.45) is -4.22. The Bertz CT molecular complexity index is 735. The summed E-state index contributed by atoms with van der Waals surface area (Å²) in [4.78, 5) is 0. The molecule has 3 rings (SSSR count). The lowest BCUT2D eigenvalue weighted by Gasteiger charge is -2.05. The predicted molar refractivity (Wildman–Crippen MR) is 72.7 cm³/mol. The van der Waals surface area contributed by atoms with Crippen LogP contribution in [0, 0.1) is 13.8 Å². The quantitative estimate of drug-likeness (QED) is 0.610. The van der Waals surface area contributed by atoms with Crippen molar-refractivity contribution in [1.29, 1.82) is 0 Å². The predicted octanol–water partition coefficient (Wildman–Crippen LogP) is 4.55. The van der Waals surface area contributed by atoms with Crippen molar-refractivity contribution >= 4 is 11.0 Å². The lowest BCUT2D eigenvalue weighted by Crippen LogP contribution is -2.04. The largest absolute Gasteiger partial charge is 0.416 e. The number of aromatic nitrogens is 2. The van der Waals surface area contributed by atoms with Crippen molar-refractivity contribution < 1.29 is 17.8 Å². The molecule has 0 atom stereocenters. The van der Waals surface area contributed by atoms with Gasteiger partial charge in [-0.1, -0.05) is 35.9 Å². The maximum absolute atomic E-state index is 12.0. The monoisotopic (exact) mass is 294 g/mol. The highest BCUT2D eigenvalue weighted by molar-refractivity contribution is 5.76. The van der Waals surface area contributed by atoms with E-state index in [-0.39, 0.29) is 0 Å². The molecule has 6 heteroatoms. The van der Waals surface area contributed by atoms with E-state index >= 15 is 0 Å². The van der Waals surface area contributed by atoms with Gasteiger partial charge >= 0.3 is 6.18 Å². The molecule has 0 aliphatic heterocycles. The summed E-state index contributed by atoms with van der Waals surface area (Å²) in [6.45, 7) is 3.61. The maximum Gasteiger partial charge on any atom is 0.416 e. The van der Waals surface area contributed by atoms with E-state index in [1.165, 1.54) is 6.07 Å². The number of aryl methyl sites for hydroxylation is 2. The van der Waals surface area contributed by atoms with Gasteiger partial charge < -0.3 is 0 Å². The number of hydrogen-bond acceptors (Lipinski definition) is 3. The van der Waals surface area contributed by atoms with Gasteiger partial charge in [0, 0.05) is 0 Å². The van der Waals surface area contributed by atoms with Crippen molar-refractivity contribution in [2.75, 3.05) is 0 Å². The van der Waals surface area contributed by atoms with Crippen LogP contribution in [0.3, 0.4) is 0 Å². The lowest BCUT2D eigenvalue weighted by atomic mass is 10.1. The minimum absolute atomic E-state index is 0.586. The van der Waals surface area contributed by atoms with Crippen LogP contribution in [0.5, 0.6) is 0 Å². The molecule has 0 N–H and O–H groups in total. The van der Waals surface area contributed by atoms with E-state index in [0.717, 1.165) is 28.7 Å². The maximum atomic E-state index is 12.0. The molecule has 0 unspecified atom stereocenters. The molecule has 0 bridgehead atoms. The van der Waals surface area contributed by atoms with Crippen LogP contribution in [-0.4, -0.2) is 10.3 Å². The molecule has 0 saturated carbocycles. The highest BCUT2D eigenvalue weighted by Crippen LogP contribution is 2.29.